The molecule has 5 nitrogen and oxygen atoms in total. The van der Waals surface area contributed by atoms with Gasteiger partial charge in [0.05, 0.1) is 22.1 Å². The van der Waals surface area contributed by atoms with Gasteiger partial charge in [0.25, 0.3) is 0 Å². The van der Waals surface area contributed by atoms with Gasteiger partial charge >= 0.3 is 0 Å². The van der Waals surface area contributed by atoms with Gasteiger partial charge in [0.15, 0.2) is 0 Å². The van der Waals surface area contributed by atoms with E-state index in [-0.39, 0.29) is 0 Å². The molecule has 65 heavy (non-hydrogen) atoms. The van der Waals surface area contributed by atoms with Gasteiger partial charge in [-0.1, -0.05) is 97.1 Å². The van der Waals surface area contributed by atoms with E-state index in [1.54, 1.807) is 0 Å². The highest BCUT2D eigenvalue weighted by atomic mass is 16.3. The minimum Gasteiger partial charge on any atom is -0.456 e. The number of benzene rings is 11. The Bertz CT molecular complexity index is 4780. The molecule has 0 atom stereocenters. The number of nitrogens with zero attached hydrogens (tertiary/aromatic N) is 2. The summed E-state index contributed by atoms with van der Waals surface area (Å²) in [6, 6.07) is 69.9. The SMILES string of the molecule is c1ccc2c(c1)ccc1oc3c4cc5c(cc4ccc3c12)c1ccccc1n5-c1ccc2c(c1)oc1cc(-n3c4ccccc4c4cc5ccc6c7ccccc7oc6c5cc43)ccc12. The molecule has 0 saturated heterocycles. The molecule has 0 fully saturated rings. The van der Waals surface area contributed by atoms with Crippen LogP contribution < -0.4 is 0 Å². The maximum absolute atomic E-state index is 6.88. The van der Waals surface area contributed by atoms with Crippen LogP contribution in [0.2, 0.25) is 0 Å². The van der Waals surface area contributed by atoms with E-state index in [9.17, 15) is 0 Å². The van der Waals surface area contributed by atoms with Crippen molar-refractivity contribution in [3.63, 3.8) is 0 Å². The largest absolute Gasteiger partial charge is 0.456 e. The Labute approximate surface area is 368 Å². The summed E-state index contributed by atoms with van der Waals surface area (Å²) < 4.78 is 24.9. The molecule has 11 aromatic carbocycles. The third-order valence-electron chi connectivity index (χ3n) is 14.2. The second-order valence-corrected chi connectivity index (χ2v) is 17.6. The Kier molecular flexibility index (Phi) is 6.24. The molecule has 0 unspecified atom stereocenters. The Hall–Kier alpha value is -8.80. The lowest BCUT2D eigenvalue weighted by atomic mass is 10.0. The molecule has 0 N–H and O–H groups in total. The number of aromatic nitrogens is 2. The van der Waals surface area contributed by atoms with E-state index in [1.165, 1.54) is 32.3 Å². The van der Waals surface area contributed by atoms with Crippen LogP contribution in [0.4, 0.5) is 0 Å². The zero-order valence-corrected chi connectivity index (χ0v) is 34.6. The third kappa shape index (κ3) is 4.41. The first-order valence-corrected chi connectivity index (χ1v) is 22.1. The van der Waals surface area contributed by atoms with Crippen molar-refractivity contribution in [1.82, 2.24) is 9.13 Å². The van der Waals surface area contributed by atoms with Crippen LogP contribution in [0.3, 0.4) is 0 Å². The molecule has 5 heterocycles. The highest BCUT2D eigenvalue weighted by Crippen LogP contribution is 2.44. The number of fused-ring (bicyclic) bond motifs is 21. The van der Waals surface area contributed by atoms with Crippen LogP contribution in [0.5, 0.6) is 0 Å². The van der Waals surface area contributed by atoms with E-state index in [4.69, 9.17) is 13.3 Å². The van der Waals surface area contributed by atoms with Gasteiger partial charge in [-0.2, -0.15) is 0 Å². The van der Waals surface area contributed by atoms with Crippen molar-refractivity contribution in [3.05, 3.63) is 194 Å². The Morgan fingerprint density at radius 2 is 0.738 bits per heavy atom. The Morgan fingerprint density at radius 1 is 0.246 bits per heavy atom. The maximum Gasteiger partial charge on any atom is 0.143 e. The summed E-state index contributed by atoms with van der Waals surface area (Å²) in [5.74, 6) is 0. The molecule has 0 aliphatic heterocycles. The Morgan fingerprint density at radius 3 is 1.40 bits per heavy atom. The normalized spacial score (nSPS) is 12.6. The number of furan rings is 3. The summed E-state index contributed by atoms with van der Waals surface area (Å²) in [6.45, 7) is 0. The van der Waals surface area contributed by atoms with Crippen molar-refractivity contribution >= 4 is 142 Å². The molecule has 0 bridgehead atoms. The average molecular weight is 829 g/mol. The molecule has 16 aromatic rings. The van der Waals surface area contributed by atoms with Crippen LogP contribution in [0, 0.1) is 0 Å². The van der Waals surface area contributed by atoms with Crippen LogP contribution >= 0.6 is 0 Å². The van der Waals surface area contributed by atoms with Gasteiger partial charge in [-0.25, -0.2) is 0 Å². The zero-order chi connectivity index (χ0) is 42.1. The van der Waals surface area contributed by atoms with E-state index in [1.807, 2.05) is 12.1 Å². The molecule has 16 rings (SSSR count). The molecule has 0 aliphatic carbocycles. The summed E-state index contributed by atoms with van der Waals surface area (Å²) in [7, 11) is 0. The van der Waals surface area contributed by atoms with E-state index in [2.05, 4.69) is 191 Å². The van der Waals surface area contributed by atoms with Gasteiger partial charge in [0.2, 0.25) is 0 Å². The lowest BCUT2D eigenvalue weighted by Gasteiger charge is -2.09. The van der Waals surface area contributed by atoms with Gasteiger partial charge in [0.1, 0.15) is 33.5 Å². The molecule has 0 spiro atoms. The van der Waals surface area contributed by atoms with Gasteiger partial charge in [-0.15, -0.1) is 0 Å². The fourth-order valence-electron chi connectivity index (χ4n) is 11.4. The second kappa shape index (κ2) is 12.0. The van der Waals surface area contributed by atoms with Crippen molar-refractivity contribution in [3.8, 4) is 11.4 Å². The van der Waals surface area contributed by atoms with Crippen LogP contribution in [0.1, 0.15) is 0 Å². The smallest absolute Gasteiger partial charge is 0.143 e. The van der Waals surface area contributed by atoms with E-state index >= 15 is 0 Å². The molecule has 0 saturated carbocycles. The quantitative estimate of drug-likeness (QED) is 0.174. The topological polar surface area (TPSA) is 49.3 Å². The van der Waals surface area contributed by atoms with Crippen molar-refractivity contribution in [1.29, 1.82) is 0 Å². The third-order valence-corrected chi connectivity index (χ3v) is 14.2. The standard InChI is InChI=1S/C60H32N2O3/c1-2-10-38-33(9-1)19-26-55-58(38)45-23-18-35-28-49-40-12-4-7-15-51(40)62(53(49)32-47(35)60(45)65-55)37-21-25-43-42-24-20-36(29-56(42)63-57(43)30-37)61-50-14-6-3-11-39(50)48-27-34-17-22-44-41-13-5-8-16-54(41)64-59(44)46(34)31-52(48)61/h1-32H. The highest BCUT2D eigenvalue weighted by Gasteiger charge is 2.21. The fourth-order valence-corrected chi connectivity index (χ4v) is 11.4. The van der Waals surface area contributed by atoms with Crippen LogP contribution in [0.15, 0.2) is 207 Å². The zero-order valence-electron chi connectivity index (χ0n) is 34.6. The monoisotopic (exact) mass is 828 g/mol. The van der Waals surface area contributed by atoms with Gasteiger partial charge in [-0.3, -0.25) is 0 Å². The maximum atomic E-state index is 6.88. The number of rotatable bonds is 2. The van der Waals surface area contributed by atoms with Gasteiger partial charge in [-0.05, 0) is 106 Å². The van der Waals surface area contributed by atoms with Crippen LogP contribution in [-0.4, -0.2) is 9.13 Å². The number of hydrogen-bond acceptors (Lipinski definition) is 3. The predicted octanol–water partition coefficient (Wildman–Crippen LogP) is 17.0. The lowest BCUT2D eigenvalue weighted by molar-refractivity contribution is 0.668. The predicted molar refractivity (Wildman–Crippen MR) is 269 cm³/mol. The summed E-state index contributed by atoms with van der Waals surface area (Å²) in [5.41, 5.74) is 11.9. The molecular formula is C60H32N2O3. The van der Waals surface area contributed by atoms with Crippen molar-refractivity contribution in [2.24, 2.45) is 0 Å². The molecule has 0 radical (unpaired) electrons. The fraction of sp³-hybridized carbons (Fsp3) is 0. The second-order valence-electron chi connectivity index (χ2n) is 17.6. The lowest BCUT2D eigenvalue weighted by Crippen LogP contribution is -1.93. The van der Waals surface area contributed by atoms with Crippen molar-refractivity contribution in [2.75, 3.05) is 0 Å². The average Bonchev–Trinajstić information content (AvgIpc) is 4.17. The van der Waals surface area contributed by atoms with E-state index < -0.39 is 0 Å². The Balaban J connectivity index is 0.892. The van der Waals surface area contributed by atoms with Gasteiger partial charge in [0, 0.05) is 88.1 Å². The summed E-state index contributed by atoms with van der Waals surface area (Å²) >= 11 is 0. The van der Waals surface area contributed by atoms with Crippen molar-refractivity contribution in [2.45, 2.75) is 0 Å². The minimum absolute atomic E-state index is 0.841. The number of hydrogen-bond donors (Lipinski definition) is 0. The molecular weight excluding hydrogens is 797 g/mol. The van der Waals surface area contributed by atoms with Crippen molar-refractivity contribution < 1.29 is 13.3 Å². The molecule has 5 heteroatoms. The van der Waals surface area contributed by atoms with Gasteiger partial charge < -0.3 is 22.4 Å². The number of para-hydroxylation sites is 3. The molecule has 300 valence electrons. The van der Waals surface area contributed by atoms with E-state index in [0.717, 1.165) is 121 Å². The summed E-state index contributed by atoms with van der Waals surface area (Å²) in [6.07, 6.45) is 0. The van der Waals surface area contributed by atoms with Crippen LogP contribution in [-0.2, 0) is 0 Å². The molecule has 0 aliphatic rings. The van der Waals surface area contributed by atoms with Crippen LogP contribution in [0.25, 0.3) is 153 Å². The molecule has 0 amide bonds. The first-order valence-electron chi connectivity index (χ1n) is 22.1. The first kappa shape index (κ1) is 33.8. The summed E-state index contributed by atoms with van der Waals surface area (Å²) in [5, 5.41) is 18.4. The minimum atomic E-state index is 0.841. The van der Waals surface area contributed by atoms with E-state index in [0.29, 0.717) is 0 Å². The first-order chi connectivity index (χ1) is 32.2. The highest BCUT2D eigenvalue weighted by molar-refractivity contribution is 6.26. The molecule has 5 aromatic heterocycles. The summed E-state index contributed by atoms with van der Waals surface area (Å²) in [4.78, 5) is 0.